The summed E-state index contributed by atoms with van der Waals surface area (Å²) in [6.45, 7) is 2.88. The van der Waals surface area contributed by atoms with E-state index in [1.54, 1.807) is 0 Å². The maximum atomic E-state index is 12.3. The van der Waals surface area contributed by atoms with Gasteiger partial charge in [-0.2, -0.15) is 13.2 Å². The van der Waals surface area contributed by atoms with Crippen LogP contribution in [0.2, 0.25) is 0 Å². The Labute approximate surface area is 110 Å². The second kappa shape index (κ2) is 7.09. The summed E-state index contributed by atoms with van der Waals surface area (Å²) in [5.74, 6) is -1.02. The molecule has 112 valence electrons. The first-order valence-corrected chi connectivity index (χ1v) is 6.46. The maximum Gasteiger partial charge on any atom is 0.414 e. The molecule has 1 amide bonds. The number of piperidine rings is 1. The first-order valence-electron chi connectivity index (χ1n) is 6.46. The Kier molecular flexibility index (Phi) is 6.06. The highest BCUT2D eigenvalue weighted by atomic mass is 19.4. The molecule has 0 aromatic heterocycles. The van der Waals surface area contributed by atoms with Crippen LogP contribution in [0.15, 0.2) is 0 Å². The average Bonchev–Trinajstić information content (AvgIpc) is 2.37. The number of nitrogens with zero attached hydrogens (tertiary/aromatic N) is 1. The van der Waals surface area contributed by atoms with Gasteiger partial charge in [-0.05, 0) is 25.2 Å². The molecule has 0 aromatic rings. The van der Waals surface area contributed by atoms with Crippen LogP contribution in [0, 0.1) is 5.92 Å². The second-order valence-electron chi connectivity index (χ2n) is 4.76. The third kappa shape index (κ3) is 4.99. The summed E-state index contributed by atoms with van der Waals surface area (Å²) in [6.07, 6.45) is -5.73. The number of carbonyl (C=O) groups excluding carboxylic acids is 1. The Morgan fingerprint density at radius 3 is 2.47 bits per heavy atom. The van der Waals surface area contributed by atoms with Crippen molar-refractivity contribution in [1.29, 1.82) is 0 Å². The zero-order chi connectivity index (χ0) is 14.5. The molecule has 1 rings (SSSR count). The molecule has 19 heavy (non-hydrogen) atoms. The topological polar surface area (TPSA) is 49.8 Å². The normalized spacial score (nSPS) is 19.5. The fourth-order valence-electron chi connectivity index (χ4n) is 2.13. The quantitative estimate of drug-likeness (QED) is 0.779. The predicted molar refractivity (Wildman–Crippen MR) is 62.5 cm³/mol. The van der Waals surface area contributed by atoms with E-state index >= 15 is 0 Å². The van der Waals surface area contributed by atoms with Crippen LogP contribution in [0.3, 0.4) is 0 Å². The fraction of sp³-hybridized carbons (Fsp3) is 0.917. The largest absolute Gasteiger partial charge is 0.414 e. The lowest BCUT2D eigenvalue weighted by Crippen LogP contribution is -2.46. The van der Waals surface area contributed by atoms with Crippen LogP contribution in [-0.2, 0) is 9.53 Å². The lowest BCUT2D eigenvalue weighted by molar-refractivity contribution is -0.223. The molecule has 1 unspecified atom stereocenters. The first kappa shape index (κ1) is 16.2. The fourth-order valence-corrected chi connectivity index (χ4v) is 2.13. The van der Waals surface area contributed by atoms with E-state index in [2.05, 4.69) is 0 Å². The van der Waals surface area contributed by atoms with Gasteiger partial charge in [0.15, 0.2) is 6.10 Å². The SMILES string of the molecule is CCCOCC(=O)N1CCC(C(O)C(F)(F)F)CC1. The number of carbonyl (C=O) groups is 1. The molecule has 1 heterocycles. The standard InChI is InChI=1S/C12H20F3NO3/c1-2-7-19-8-10(17)16-5-3-9(4-6-16)11(18)12(13,14)15/h9,11,18H,2-8H2,1H3. The van der Waals surface area contributed by atoms with Crippen molar-refractivity contribution < 1.29 is 27.8 Å². The van der Waals surface area contributed by atoms with Gasteiger partial charge in [0, 0.05) is 19.7 Å². The summed E-state index contributed by atoms with van der Waals surface area (Å²) in [4.78, 5) is 13.2. The van der Waals surface area contributed by atoms with Gasteiger partial charge in [0.25, 0.3) is 0 Å². The van der Waals surface area contributed by atoms with E-state index in [1.807, 2.05) is 6.92 Å². The number of hydrogen-bond acceptors (Lipinski definition) is 3. The Morgan fingerprint density at radius 2 is 2.00 bits per heavy atom. The minimum atomic E-state index is -4.58. The van der Waals surface area contributed by atoms with E-state index in [0.29, 0.717) is 6.61 Å². The molecule has 0 spiro atoms. The molecule has 0 bridgehead atoms. The minimum absolute atomic E-state index is 0.0274. The number of halogens is 3. The van der Waals surface area contributed by atoms with Gasteiger partial charge in [-0.1, -0.05) is 6.92 Å². The lowest BCUT2D eigenvalue weighted by atomic mass is 9.91. The highest BCUT2D eigenvalue weighted by Gasteiger charge is 2.44. The van der Waals surface area contributed by atoms with E-state index < -0.39 is 18.2 Å². The third-order valence-electron chi connectivity index (χ3n) is 3.25. The van der Waals surface area contributed by atoms with Crippen molar-refractivity contribution in [1.82, 2.24) is 4.90 Å². The zero-order valence-corrected chi connectivity index (χ0v) is 10.9. The molecular formula is C12H20F3NO3. The molecule has 0 aliphatic carbocycles. The third-order valence-corrected chi connectivity index (χ3v) is 3.25. The molecule has 1 aliphatic rings. The van der Waals surface area contributed by atoms with Crippen molar-refractivity contribution in [2.24, 2.45) is 5.92 Å². The van der Waals surface area contributed by atoms with Gasteiger partial charge in [-0.25, -0.2) is 0 Å². The van der Waals surface area contributed by atoms with E-state index in [-0.39, 0.29) is 38.4 Å². The summed E-state index contributed by atoms with van der Waals surface area (Å²) in [7, 11) is 0. The molecule has 1 saturated heterocycles. The second-order valence-corrected chi connectivity index (χ2v) is 4.76. The van der Waals surface area contributed by atoms with E-state index in [0.717, 1.165) is 6.42 Å². The molecule has 1 atom stereocenters. The number of alkyl halides is 3. The Balaban J connectivity index is 2.34. The molecule has 4 nitrogen and oxygen atoms in total. The number of rotatable bonds is 5. The molecule has 0 saturated carbocycles. The van der Waals surface area contributed by atoms with Crippen LogP contribution in [-0.4, -0.2) is 54.5 Å². The van der Waals surface area contributed by atoms with Crippen LogP contribution in [0.1, 0.15) is 26.2 Å². The van der Waals surface area contributed by atoms with Crippen molar-refractivity contribution in [3.05, 3.63) is 0 Å². The number of hydrogen-bond donors (Lipinski definition) is 1. The van der Waals surface area contributed by atoms with E-state index in [9.17, 15) is 18.0 Å². The minimum Gasteiger partial charge on any atom is -0.383 e. The van der Waals surface area contributed by atoms with Crippen molar-refractivity contribution in [3.63, 3.8) is 0 Å². The van der Waals surface area contributed by atoms with Gasteiger partial charge < -0.3 is 14.7 Å². The molecule has 0 aromatic carbocycles. The van der Waals surface area contributed by atoms with Crippen LogP contribution >= 0.6 is 0 Å². The predicted octanol–water partition coefficient (Wildman–Crippen LogP) is 1.57. The summed E-state index contributed by atoms with van der Waals surface area (Å²) < 4.78 is 42.1. The van der Waals surface area contributed by atoms with E-state index in [1.165, 1.54) is 4.90 Å². The number of ether oxygens (including phenoxy) is 1. The van der Waals surface area contributed by atoms with Crippen LogP contribution in [0.25, 0.3) is 0 Å². The van der Waals surface area contributed by atoms with Crippen LogP contribution < -0.4 is 0 Å². The Bertz CT molecular complexity index is 288. The number of amides is 1. The molecule has 0 radical (unpaired) electrons. The highest BCUT2D eigenvalue weighted by molar-refractivity contribution is 5.77. The summed E-state index contributed by atoms with van der Waals surface area (Å²) in [5, 5.41) is 9.16. The molecule has 1 fully saturated rings. The van der Waals surface area contributed by atoms with Crippen LogP contribution in [0.4, 0.5) is 13.2 Å². The molecule has 7 heteroatoms. The number of aliphatic hydroxyl groups is 1. The molecule has 1 N–H and O–H groups in total. The first-order chi connectivity index (χ1) is 8.86. The van der Waals surface area contributed by atoms with Gasteiger partial charge in [0.05, 0.1) is 0 Å². The van der Waals surface area contributed by atoms with Gasteiger partial charge in [0.2, 0.25) is 5.91 Å². The van der Waals surface area contributed by atoms with Gasteiger partial charge in [-0.3, -0.25) is 4.79 Å². The number of aliphatic hydroxyl groups excluding tert-OH is 1. The summed E-state index contributed by atoms with van der Waals surface area (Å²) in [6, 6.07) is 0. The smallest absolute Gasteiger partial charge is 0.383 e. The molecule has 1 aliphatic heterocycles. The van der Waals surface area contributed by atoms with Crippen LogP contribution in [0.5, 0.6) is 0 Å². The Morgan fingerprint density at radius 1 is 1.42 bits per heavy atom. The lowest BCUT2D eigenvalue weighted by Gasteiger charge is -2.34. The van der Waals surface area contributed by atoms with Gasteiger partial charge >= 0.3 is 6.18 Å². The number of likely N-dealkylation sites (tertiary alicyclic amines) is 1. The van der Waals surface area contributed by atoms with E-state index in [4.69, 9.17) is 9.84 Å². The average molecular weight is 283 g/mol. The summed E-state index contributed by atoms with van der Waals surface area (Å²) >= 11 is 0. The van der Waals surface area contributed by atoms with Crippen molar-refractivity contribution >= 4 is 5.91 Å². The van der Waals surface area contributed by atoms with Gasteiger partial charge in [-0.15, -0.1) is 0 Å². The zero-order valence-electron chi connectivity index (χ0n) is 10.9. The maximum absolute atomic E-state index is 12.3. The highest BCUT2D eigenvalue weighted by Crippen LogP contribution is 2.31. The van der Waals surface area contributed by atoms with Crippen molar-refractivity contribution in [2.45, 2.75) is 38.5 Å². The van der Waals surface area contributed by atoms with Gasteiger partial charge in [0.1, 0.15) is 6.61 Å². The molecular weight excluding hydrogens is 263 g/mol. The van der Waals surface area contributed by atoms with Crippen molar-refractivity contribution in [2.75, 3.05) is 26.3 Å². The summed E-state index contributed by atoms with van der Waals surface area (Å²) in [5.41, 5.74) is 0. The van der Waals surface area contributed by atoms with Crippen molar-refractivity contribution in [3.8, 4) is 0 Å². The monoisotopic (exact) mass is 283 g/mol. The Hall–Kier alpha value is -0.820.